The van der Waals surface area contributed by atoms with E-state index in [0.29, 0.717) is 0 Å². The van der Waals surface area contributed by atoms with Gasteiger partial charge in [0.15, 0.2) is 0 Å². The summed E-state index contributed by atoms with van der Waals surface area (Å²) in [6.45, 7) is 2.02. The fraction of sp³-hybridized carbons (Fsp3) is 0.462. The van der Waals surface area contributed by atoms with Crippen LogP contribution in [0.4, 0.5) is 0 Å². The molecular formula is C13H19NO2. The summed E-state index contributed by atoms with van der Waals surface area (Å²) in [5.41, 5.74) is 0.650. The molecule has 0 saturated heterocycles. The molecule has 3 heteroatoms. The molecule has 1 rings (SSSR count). The Bertz CT molecular complexity index is 348. The summed E-state index contributed by atoms with van der Waals surface area (Å²) in [5, 5.41) is 9.06. The van der Waals surface area contributed by atoms with Gasteiger partial charge in [0.1, 0.15) is 0 Å². The Hall–Kier alpha value is -1.35. The van der Waals surface area contributed by atoms with E-state index in [1.807, 2.05) is 56.3 Å². The van der Waals surface area contributed by atoms with Crippen LogP contribution in [-0.2, 0) is 10.3 Å². The molecule has 0 aliphatic heterocycles. The van der Waals surface area contributed by atoms with Crippen LogP contribution >= 0.6 is 0 Å². The molecule has 1 aromatic rings. The van der Waals surface area contributed by atoms with Crippen LogP contribution in [0.1, 0.15) is 25.3 Å². The molecule has 0 heterocycles. The second-order valence-corrected chi connectivity index (χ2v) is 4.22. The summed E-state index contributed by atoms with van der Waals surface area (Å²) in [5.74, 6) is -0.764. The number of hydrogen-bond donors (Lipinski definition) is 1. The van der Waals surface area contributed by atoms with Crippen molar-refractivity contribution in [3.63, 3.8) is 0 Å². The number of carboxylic acid groups (broad SMARTS) is 1. The number of hydrogen-bond acceptors (Lipinski definition) is 2. The molecular weight excluding hydrogens is 202 g/mol. The maximum absolute atomic E-state index is 11.0. The van der Waals surface area contributed by atoms with Gasteiger partial charge in [0.25, 0.3) is 0 Å². The Kier molecular flexibility index (Phi) is 4.07. The van der Waals surface area contributed by atoms with Crippen LogP contribution in [0, 0.1) is 0 Å². The zero-order chi connectivity index (χ0) is 12.2. The predicted octanol–water partition coefficient (Wildman–Crippen LogP) is 2.33. The average molecular weight is 221 g/mol. The molecule has 0 fully saturated rings. The quantitative estimate of drug-likeness (QED) is 0.829. The first kappa shape index (κ1) is 12.7. The van der Waals surface area contributed by atoms with E-state index >= 15 is 0 Å². The van der Waals surface area contributed by atoms with Crippen molar-refractivity contribution in [1.29, 1.82) is 0 Å². The van der Waals surface area contributed by atoms with Gasteiger partial charge in [0.2, 0.25) is 0 Å². The van der Waals surface area contributed by atoms with E-state index in [4.69, 9.17) is 5.11 Å². The molecule has 0 radical (unpaired) electrons. The number of rotatable bonds is 5. The van der Waals surface area contributed by atoms with Gasteiger partial charge < -0.3 is 5.11 Å². The normalized spacial score (nSPS) is 14.8. The zero-order valence-electron chi connectivity index (χ0n) is 10.1. The Balaban J connectivity index is 3.17. The van der Waals surface area contributed by atoms with E-state index in [9.17, 15) is 4.79 Å². The van der Waals surface area contributed by atoms with Gasteiger partial charge in [-0.1, -0.05) is 37.3 Å². The van der Waals surface area contributed by atoms with Gasteiger partial charge in [-0.05, 0) is 26.1 Å². The smallest absolute Gasteiger partial charge is 0.305 e. The van der Waals surface area contributed by atoms with Crippen LogP contribution in [0.3, 0.4) is 0 Å². The number of nitrogens with zero attached hydrogens (tertiary/aromatic N) is 1. The lowest BCUT2D eigenvalue weighted by Gasteiger charge is -2.38. The Morgan fingerprint density at radius 3 is 2.25 bits per heavy atom. The van der Waals surface area contributed by atoms with Gasteiger partial charge in [-0.25, -0.2) is 0 Å². The van der Waals surface area contributed by atoms with Crippen LogP contribution in [-0.4, -0.2) is 30.1 Å². The van der Waals surface area contributed by atoms with Crippen molar-refractivity contribution in [1.82, 2.24) is 4.90 Å². The minimum Gasteiger partial charge on any atom is -0.481 e. The molecule has 0 aliphatic carbocycles. The monoisotopic (exact) mass is 221 g/mol. The van der Waals surface area contributed by atoms with Crippen molar-refractivity contribution in [2.45, 2.75) is 25.3 Å². The summed E-state index contributed by atoms with van der Waals surface area (Å²) in [4.78, 5) is 13.0. The van der Waals surface area contributed by atoms with Crippen molar-refractivity contribution in [3.8, 4) is 0 Å². The first-order valence-electron chi connectivity index (χ1n) is 5.47. The van der Waals surface area contributed by atoms with Crippen molar-refractivity contribution in [2.24, 2.45) is 0 Å². The molecule has 16 heavy (non-hydrogen) atoms. The van der Waals surface area contributed by atoms with Crippen LogP contribution in [0.5, 0.6) is 0 Å². The molecule has 0 aliphatic rings. The van der Waals surface area contributed by atoms with Crippen LogP contribution < -0.4 is 0 Å². The molecule has 1 aromatic carbocycles. The van der Waals surface area contributed by atoms with Gasteiger partial charge >= 0.3 is 5.97 Å². The van der Waals surface area contributed by atoms with Crippen molar-refractivity contribution in [3.05, 3.63) is 35.9 Å². The highest BCUT2D eigenvalue weighted by Crippen LogP contribution is 2.33. The lowest BCUT2D eigenvalue weighted by atomic mass is 9.83. The standard InChI is InChI=1S/C13H19NO2/c1-4-13(14(2)3,10-12(15)16)11-8-6-5-7-9-11/h5-9H,4,10H2,1-3H3,(H,15,16). The Labute approximate surface area is 96.7 Å². The maximum Gasteiger partial charge on any atom is 0.305 e. The van der Waals surface area contributed by atoms with Gasteiger partial charge in [-0.15, -0.1) is 0 Å². The second-order valence-electron chi connectivity index (χ2n) is 4.22. The highest BCUT2D eigenvalue weighted by Gasteiger charge is 2.35. The Morgan fingerprint density at radius 1 is 1.31 bits per heavy atom. The molecule has 88 valence electrons. The molecule has 0 amide bonds. The van der Waals surface area contributed by atoms with E-state index in [0.717, 1.165) is 12.0 Å². The minimum atomic E-state index is -0.764. The largest absolute Gasteiger partial charge is 0.481 e. The number of carboxylic acids is 1. The summed E-state index contributed by atoms with van der Waals surface area (Å²) >= 11 is 0. The summed E-state index contributed by atoms with van der Waals surface area (Å²) < 4.78 is 0. The number of aliphatic carboxylic acids is 1. The van der Waals surface area contributed by atoms with Gasteiger partial charge in [-0.3, -0.25) is 9.69 Å². The first-order valence-corrected chi connectivity index (χ1v) is 5.47. The molecule has 0 saturated carbocycles. The van der Waals surface area contributed by atoms with E-state index in [1.54, 1.807) is 0 Å². The molecule has 1 unspecified atom stereocenters. The van der Waals surface area contributed by atoms with E-state index < -0.39 is 11.5 Å². The van der Waals surface area contributed by atoms with Crippen LogP contribution in [0.15, 0.2) is 30.3 Å². The Morgan fingerprint density at radius 2 is 1.88 bits per heavy atom. The molecule has 1 N–H and O–H groups in total. The SMILES string of the molecule is CCC(CC(=O)O)(c1ccccc1)N(C)C. The predicted molar refractivity (Wildman–Crippen MR) is 64.4 cm³/mol. The summed E-state index contributed by atoms with van der Waals surface area (Å²) in [7, 11) is 3.86. The van der Waals surface area contributed by atoms with E-state index in [2.05, 4.69) is 0 Å². The minimum absolute atomic E-state index is 0.126. The van der Waals surface area contributed by atoms with Gasteiger partial charge in [0, 0.05) is 0 Å². The average Bonchev–Trinajstić information content (AvgIpc) is 2.26. The highest BCUT2D eigenvalue weighted by molar-refractivity contribution is 5.69. The van der Waals surface area contributed by atoms with E-state index in [1.165, 1.54) is 0 Å². The zero-order valence-corrected chi connectivity index (χ0v) is 10.1. The first-order chi connectivity index (χ1) is 7.53. The second kappa shape index (κ2) is 5.12. The van der Waals surface area contributed by atoms with Crippen LogP contribution in [0.25, 0.3) is 0 Å². The van der Waals surface area contributed by atoms with Crippen LogP contribution in [0.2, 0.25) is 0 Å². The van der Waals surface area contributed by atoms with Gasteiger partial charge in [0.05, 0.1) is 12.0 Å². The van der Waals surface area contributed by atoms with Gasteiger partial charge in [-0.2, -0.15) is 0 Å². The molecule has 0 spiro atoms. The topological polar surface area (TPSA) is 40.5 Å². The maximum atomic E-state index is 11.0. The third-order valence-electron chi connectivity index (χ3n) is 3.20. The third kappa shape index (κ3) is 2.42. The van der Waals surface area contributed by atoms with Crippen molar-refractivity contribution < 1.29 is 9.90 Å². The third-order valence-corrected chi connectivity index (χ3v) is 3.20. The molecule has 0 bridgehead atoms. The lowest BCUT2D eigenvalue weighted by molar-refractivity contribution is -0.140. The lowest BCUT2D eigenvalue weighted by Crippen LogP contribution is -2.42. The number of benzene rings is 1. The molecule has 1 atom stereocenters. The fourth-order valence-electron chi connectivity index (χ4n) is 2.16. The summed E-state index contributed by atoms with van der Waals surface area (Å²) in [6.07, 6.45) is 0.900. The van der Waals surface area contributed by atoms with Crippen molar-refractivity contribution >= 4 is 5.97 Å². The number of carbonyl (C=O) groups is 1. The van der Waals surface area contributed by atoms with E-state index in [-0.39, 0.29) is 6.42 Å². The van der Waals surface area contributed by atoms with Crippen molar-refractivity contribution in [2.75, 3.05) is 14.1 Å². The highest BCUT2D eigenvalue weighted by atomic mass is 16.4. The fourth-order valence-corrected chi connectivity index (χ4v) is 2.16. The molecule has 3 nitrogen and oxygen atoms in total. The molecule has 0 aromatic heterocycles. The summed E-state index contributed by atoms with van der Waals surface area (Å²) in [6, 6.07) is 9.83.